The molecule has 0 aliphatic heterocycles. The van der Waals surface area contributed by atoms with E-state index in [0.29, 0.717) is 0 Å². The van der Waals surface area contributed by atoms with E-state index in [4.69, 9.17) is 15.2 Å². The van der Waals surface area contributed by atoms with Crippen LogP contribution in [-0.4, -0.2) is 14.2 Å². The van der Waals surface area contributed by atoms with Gasteiger partial charge in [0.1, 0.15) is 11.5 Å². The Kier molecular flexibility index (Phi) is 4.30. The Balaban J connectivity index is 2.41. The molecule has 3 nitrogen and oxygen atoms in total. The molecule has 0 aliphatic rings. The van der Waals surface area contributed by atoms with Gasteiger partial charge in [-0.25, -0.2) is 0 Å². The summed E-state index contributed by atoms with van der Waals surface area (Å²) in [5.41, 5.74) is 10.9. The minimum absolute atomic E-state index is 0.213. The van der Waals surface area contributed by atoms with Crippen LogP contribution in [-0.2, 0) is 0 Å². The number of benzene rings is 2. The minimum Gasteiger partial charge on any atom is -0.497 e. The number of methoxy groups -OCH3 is 2. The highest BCUT2D eigenvalue weighted by Gasteiger charge is 2.15. The summed E-state index contributed by atoms with van der Waals surface area (Å²) in [6.45, 7) is 4.19. The molecule has 0 bridgehead atoms. The second-order valence-electron chi connectivity index (χ2n) is 4.93. The molecule has 2 N–H and O–H groups in total. The van der Waals surface area contributed by atoms with Crippen molar-refractivity contribution in [1.29, 1.82) is 0 Å². The monoisotopic (exact) mass is 271 g/mol. The van der Waals surface area contributed by atoms with Crippen LogP contribution in [0.15, 0.2) is 36.4 Å². The molecule has 0 saturated carbocycles. The van der Waals surface area contributed by atoms with Crippen LogP contribution in [0.25, 0.3) is 0 Å². The van der Waals surface area contributed by atoms with E-state index in [1.54, 1.807) is 14.2 Å². The first-order valence-electron chi connectivity index (χ1n) is 6.61. The van der Waals surface area contributed by atoms with Gasteiger partial charge in [0, 0.05) is 11.6 Å². The highest BCUT2D eigenvalue weighted by Crippen LogP contribution is 2.32. The molecule has 20 heavy (non-hydrogen) atoms. The summed E-state index contributed by atoms with van der Waals surface area (Å²) in [4.78, 5) is 0. The average molecular weight is 271 g/mol. The van der Waals surface area contributed by atoms with Gasteiger partial charge in [-0.3, -0.25) is 0 Å². The van der Waals surface area contributed by atoms with Gasteiger partial charge in [-0.15, -0.1) is 0 Å². The molecule has 0 aromatic heterocycles. The first kappa shape index (κ1) is 14.4. The Morgan fingerprint density at radius 3 is 2.25 bits per heavy atom. The van der Waals surface area contributed by atoms with Crippen LogP contribution in [0.3, 0.4) is 0 Å². The molecule has 0 aliphatic carbocycles. The molecule has 2 rings (SSSR count). The van der Waals surface area contributed by atoms with Crippen LogP contribution in [0.1, 0.15) is 28.3 Å². The van der Waals surface area contributed by atoms with Crippen LogP contribution in [0, 0.1) is 13.8 Å². The van der Waals surface area contributed by atoms with Crippen LogP contribution < -0.4 is 15.2 Å². The molecule has 2 aromatic rings. The Hall–Kier alpha value is -2.00. The fourth-order valence-corrected chi connectivity index (χ4v) is 2.21. The molecule has 1 atom stereocenters. The summed E-state index contributed by atoms with van der Waals surface area (Å²) in [5.74, 6) is 1.51. The Bertz CT molecular complexity index is 608. The van der Waals surface area contributed by atoms with E-state index < -0.39 is 0 Å². The number of ether oxygens (including phenoxy) is 2. The largest absolute Gasteiger partial charge is 0.497 e. The van der Waals surface area contributed by atoms with Crippen molar-refractivity contribution < 1.29 is 9.47 Å². The lowest BCUT2D eigenvalue weighted by Crippen LogP contribution is -2.13. The minimum atomic E-state index is -0.213. The zero-order valence-electron chi connectivity index (χ0n) is 12.4. The second kappa shape index (κ2) is 5.97. The van der Waals surface area contributed by atoms with Crippen LogP contribution >= 0.6 is 0 Å². The third-order valence-electron chi connectivity index (χ3n) is 3.67. The quantitative estimate of drug-likeness (QED) is 0.927. The van der Waals surface area contributed by atoms with Crippen LogP contribution in [0.4, 0.5) is 0 Å². The van der Waals surface area contributed by atoms with E-state index >= 15 is 0 Å². The van der Waals surface area contributed by atoms with Crippen molar-refractivity contribution in [2.45, 2.75) is 19.9 Å². The van der Waals surface area contributed by atoms with E-state index in [2.05, 4.69) is 32.0 Å². The van der Waals surface area contributed by atoms with Crippen molar-refractivity contribution in [1.82, 2.24) is 0 Å². The molecule has 3 heteroatoms. The Morgan fingerprint density at radius 1 is 0.900 bits per heavy atom. The van der Waals surface area contributed by atoms with E-state index in [0.717, 1.165) is 22.6 Å². The number of hydrogen-bond donors (Lipinski definition) is 1. The highest BCUT2D eigenvalue weighted by molar-refractivity contribution is 5.46. The van der Waals surface area contributed by atoms with Crippen molar-refractivity contribution >= 4 is 0 Å². The average Bonchev–Trinajstić information content (AvgIpc) is 2.48. The third-order valence-corrected chi connectivity index (χ3v) is 3.67. The van der Waals surface area contributed by atoms with Gasteiger partial charge in [0.25, 0.3) is 0 Å². The van der Waals surface area contributed by atoms with Gasteiger partial charge in [0.2, 0.25) is 0 Å². The zero-order valence-corrected chi connectivity index (χ0v) is 12.4. The van der Waals surface area contributed by atoms with Gasteiger partial charge < -0.3 is 15.2 Å². The first-order chi connectivity index (χ1) is 9.56. The zero-order chi connectivity index (χ0) is 14.7. The van der Waals surface area contributed by atoms with Crippen LogP contribution in [0.5, 0.6) is 11.5 Å². The van der Waals surface area contributed by atoms with E-state index in [9.17, 15) is 0 Å². The predicted octanol–water partition coefficient (Wildman–Crippen LogP) is 3.37. The van der Waals surface area contributed by atoms with Gasteiger partial charge in [-0.1, -0.05) is 18.2 Å². The molecule has 0 spiro atoms. The fraction of sp³-hybridized carbons (Fsp3) is 0.294. The van der Waals surface area contributed by atoms with Gasteiger partial charge in [-0.2, -0.15) is 0 Å². The van der Waals surface area contributed by atoms with Gasteiger partial charge >= 0.3 is 0 Å². The number of rotatable bonds is 4. The van der Waals surface area contributed by atoms with Crippen molar-refractivity contribution in [3.05, 3.63) is 58.7 Å². The maximum Gasteiger partial charge on any atom is 0.127 e. The molecule has 1 unspecified atom stereocenters. The van der Waals surface area contributed by atoms with Crippen molar-refractivity contribution in [2.24, 2.45) is 5.73 Å². The highest BCUT2D eigenvalue weighted by atomic mass is 16.5. The van der Waals surface area contributed by atoms with E-state index in [1.807, 2.05) is 18.2 Å². The number of hydrogen-bond acceptors (Lipinski definition) is 3. The molecule has 2 aromatic carbocycles. The van der Waals surface area contributed by atoms with Gasteiger partial charge in [0.15, 0.2) is 0 Å². The van der Waals surface area contributed by atoms with Crippen molar-refractivity contribution in [3.63, 3.8) is 0 Å². The molecule has 0 amide bonds. The maximum absolute atomic E-state index is 6.38. The van der Waals surface area contributed by atoms with Gasteiger partial charge in [0.05, 0.1) is 20.3 Å². The normalized spacial score (nSPS) is 12.1. The molecule has 0 fully saturated rings. The van der Waals surface area contributed by atoms with Crippen molar-refractivity contribution in [2.75, 3.05) is 14.2 Å². The summed E-state index contributed by atoms with van der Waals surface area (Å²) in [6, 6.07) is 11.8. The SMILES string of the molecule is COc1ccc(C(N)c2ccc(C)c(C)c2)c(OC)c1. The van der Waals surface area contributed by atoms with E-state index in [-0.39, 0.29) is 6.04 Å². The third kappa shape index (κ3) is 2.78. The first-order valence-corrected chi connectivity index (χ1v) is 6.61. The molecule has 106 valence electrons. The molecule has 0 radical (unpaired) electrons. The summed E-state index contributed by atoms with van der Waals surface area (Å²) in [5, 5.41) is 0. The molecule has 0 saturated heterocycles. The fourth-order valence-electron chi connectivity index (χ4n) is 2.21. The van der Waals surface area contributed by atoms with Crippen LogP contribution in [0.2, 0.25) is 0 Å². The molecular formula is C17H21NO2. The summed E-state index contributed by atoms with van der Waals surface area (Å²) < 4.78 is 10.6. The summed E-state index contributed by atoms with van der Waals surface area (Å²) in [7, 11) is 3.28. The number of nitrogens with two attached hydrogens (primary N) is 1. The van der Waals surface area contributed by atoms with Crippen molar-refractivity contribution in [3.8, 4) is 11.5 Å². The smallest absolute Gasteiger partial charge is 0.127 e. The number of aryl methyl sites for hydroxylation is 2. The standard InChI is InChI=1S/C17H21NO2/c1-11-5-6-13(9-12(11)2)17(18)15-8-7-14(19-3)10-16(15)20-4/h5-10,17H,18H2,1-4H3. The lowest BCUT2D eigenvalue weighted by molar-refractivity contribution is 0.390. The lowest BCUT2D eigenvalue weighted by Gasteiger charge is -2.18. The molecular weight excluding hydrogens is 250 g/mol. The van der Waals surface area contributed by atoms with Gasteiger partial charge in [-0.05, 0) is 42.7 Å². The maximum atomic E-state index is 6.38. The Morgan fingerprint density at radius 2 is 1.65 bits per heavy atom. The second-order valence-corrected chi connectivity index (χ2v) is 4.93. The topological polar surface area (TPSA) is 44.5 Å². The lowest BCUT2D eigenvalue weighted by atomic mass is 9.95. The summed E-state index contributed by atoms with van der Waals surface area (Å²) in [6.07, 6.45) is 0. The Labute approximate surface area is 120 Å². The van der Waals surface area contributed by atoms with E-state index in [1.165, 1.54) is 11.1 Å². The summed E-state index contributed by atoms with van der Waals surface area (Å²) >= 11 is 0. The molecule has 0 heterocycles. The predicted molar refractivity (Wildman–Crippen MR) is 81.5 cm³/mol.